The van der Waals surface area contributed by atoms with Crippen molar-refractivity contribution < 1.29 is 23.8 Å². The third kappa shape index (κ3) is 4.43. The number of furan rings is 1. The predicted molar refractivity (Wildman–Crippen MR) is 92.9 cm³/mol. The van der Waals surface area contributed by atoms with Gasteiger partial charge in [0.1, 0.15) is 11.3 Å². The highest BCUT2D eigenvalue weighted by Crippen LogP contribution is 2.28. The van der Waals surface area contributed by atoms with E-state index in [0.29, 0.717) is 36.1 Å². The summed E-state index contributed by atoms with van der Waals surface area (Å²) in [5, 5.41) is 12.1. The molecule has 0 spiro atoms. The van der Waals surface area contributed by atoms with Gasteiger partial charge in [0.05, 0.1) is 24.2 Å². The molecule has 1 aromatic heterocycles. The van der Waals surface area contributed by atoms with Crippen molar-refractivity contribution in [3.63, 3.8) is 0 Å². The molecule has 1 aromatic carbocycles. The number of carboxylic acids is 1. The summed E-state index contributed by atoms with van der Waals surface area (Å²) in [6.45, 7) is 2.04. The summed E-state index contributed by atoms with van der Waals surface area (Å²) in [4.78, 5) is 24.4. The molecule has 0 aliphatic carbocycles. The molecule has 2 aromatic rings. The maximum Gasteiger partial charge on any atom is 0.339 e. The van der Waals surface area contributed by atoms with Gasteiger partial charge >= 0.3 is 5.97 Å². The minimum absolute atomic E-state index is 0.132. The lowest BCUT2D eigenvalue weighted by atomic mass is 10.1. The molecule has 6 nitrogen and oxygen atoms in total. The van der Waals surface area contributed by atoms with Gasteiger partial charge < -0.3 is 19.6 Å². The monoisotopic (exact) mass is 361 g/mol. The molecule has 1 amide bonds. The van der Waals surface area contributed by atoms with Crippen LogP contribution in [0.25, 0.3) is 0 Å². The van der Waals surface area contributed by atoms with Crippen LogP contribution in [0.15, 0.2) is 45.9 Å². The normalized spacial score (nSPS) is 16.7. The molecule has 7 heteroatoms. The van der Waals surface area contributed by atoms with Crippen LogP contribution in [0.2, 0.25) is 0 Å². The number of carboxylic acid groups (broad SMARTS) is 1. The van der Waals surface area contributed by atoms with E-state index in [0.717, 1.165) is 17.9 Å². The minimum atomic E-state index is -1.02. The Labute approximate surface area is 149 Å². The van der Waals surface area contributed by atoms with Crippen molar-refractivity contribution in [1.29, 1.82) is 0 Å². The van der Waals surface area contributed by atoms with Crippen molar-refractivity contribution in [1.82, 2.24) is 5.32 Å². The fraction of sp³-hybridized carbons (Fsp3) is 0.333. The lowest BCUT2D eigenvalue weighted by molar-refractivity contribution is 0.0694. The van der Waals surface area contributed by atoms with E-state index in [1.807, 2.05) is 18.2 Å². The molecule has 2 heterocycles. The molecular formula is C18H19NO5S. The van der Waals surface area contributed by atoms with Gasteiger partial charge in [-0.1, -0.05) is 12.1 Å². The third-order valence-corrected chi connectivity index (χ3v) is 5.12. The number of ether oxygens (including phenoxy) is 1. The first kappa shape index (κ1) is 17.6. The number of thioether (sulfide) groups is 1. The van der Waals surface area contributed by atoms with Crippen LogP contribution >= 0.6 is 11.8 Å². The lowest BCUT2D eigenvalue weighted by Crippen LogP contribution is -2.29. The van der Waals surface area contributed by atoms with Gasteiger partial charge in [0.25, 0.3) is 5.91 Å². The zero-order valence-corrected chi connectivity index (χ0v) is 14.4. The SMILES string of the molecule is O=C(NCC1CCOC1)c1ccccc1SCc1occc1C(=O)O. The van der Waals surface area contributed by atoms with Crippen molar-refractivity contribution >= 4 is 23.6 Å². The van der Waals surface area contributed by atoms with Crippen LogP contribution in [-0.2, 0) is 10.5 Å². The Morgan fingerprint density at radius 2 is 2.08 bits per heavy atom. The zero-order valence-electron chi connectivity index (χ0n) is 13.6. The maximum absolute atomic E-state index is 12.5. The first-order chi connectivity index (χ1) is 12.1. The number of aromatic carboxylic acids is 1. The Bertz CT molecular complexity index is 751. The summed E-state index contributed by atoms with van der Waals surface area (Å²) in [6, 6.07) is 8.71. The van der Waals surface area contributed by atoms with E-state index < -0.39 is 5.97 Å². The second-order valence-corrected chi connectivity index (χ2v) is 6.80. The van der Waals surface area contributed by atoms with Crippen molar-refractivity contribution in [2.24, 2.45) is 5.92 Å². The Hall–Kier alpha value is -2.25. The number of rotatable bonds is 7. The Balaban J connectivity index is 1.64. The van der Waals surface area contributed by atoms with Crippen LogP contribution in [0.5, 0.6) is 0 Å². The van der Waals surface area contributed by atoms with Crippen molar-refractivity contribution in [2.75, 3.05) is 19.8 Å². The molecule has 2 N–H and O–H groups in total. The van der Waals surface area contributed by atoms with Crippen molar-refractivity contribution in [3.05, 3.63) is 53.5 Å². The minimum Gasteiger partial charge on any atom is -0.478 e. The zero-order chi connectivity index (χ0) is 17.6. The smallest absolute Gasteiger partial charge is 0.339 e. The second kappa shape index (κ2) is 8.22. The van der Waals surface area contributed by atoms with Gasteiger partial charge in [-0.15, -0.1) is 11.8 Å². The molecule has 132 valence electrons. The van der Waals surface area contributed by atoms with Crippen molar-refractivity contribution in [2.45, 2.75) is 17.1 Å². The van der Waals surface area contributed by atoms with Crippen LogP contribution in [0.4, 0.5) is 0 Å². The van der Waals surface area contributed by atoms with E-state index in [1.54, 1.807) is 6.07 Å². The Morgan fingerprint density at radius 3 is 2.84 bits per heavy atom. The molecule has 1 aliphatic rings. The number of hydrogen-bond donors (Lipinski definition) is 2. The molecule has 1 fully saturated rings. The van der Waals surface area contributed by atoms with E-state index in [-0.39, 0.29) is 11.5 Å². The summed E-state index contributed by atoms with van der Waals surface area (Å²) in [7, 11) is 0. The quantitative estimate of drug-likeness (QED) is 0.737. The lowest BCUT2D eigenvalue weighted by Gasteiger charge is -2.12. The fourth-order valence-corrected chi connectivity index (χ4v) is 3.64. The molecule has 1 unspecified atom stereocenters. The number of carbonyl (C=O) groups excluding carboxylic acids is 1. The second-order valence-electron chi connectivity index (χ2n) is 5.79. The molecule has 0 saturated carbocycles. The summed E-state index contributed by atoms with van der Waals surface area (Å²) < 4.78 is 10.6. The van der Waals surface area contributed by atoms with Gasteiger partial charge in [-0.3, -0.25) is 4.79 Å². The summed E-state index contributed by atoms with van der Waals surface area (Å²) in [5.41, 5.74) is 0.727. The maximum atomic E-state index is 12.5. The summed E-state index contributed by atoms with van der Waals surface area (Å²) in [5.74, 6) is -0.0575. The van der Waals surface area contributed by atoms with Gasteiger partial charge in [0, 0.05) is 24.0 Å². The molecule has 1 aliphatic heterocycles. The highest BCUT2D eigenvalue weighted by atomic mass is 32.2. The molecule has 0 bridgehead atoms. The highest BCUT2D eigenvalue weighted by molar-refractivity contribution is 7.98. The number of hydrogen-bond acceptors (Lipinski definition) is 5. The highest BCUT2D eigenvalue weighted by Gasteiger charge is 2.19. The number of amides is 1. The Morgan fingerprint density at radius 1 is 1.24 bits per heavy atom. The Kier molecular flexibility index (Phi) is 5.78. The average Bonchev–Trinajstić information content (AvgIpc) is 3.29. The fourth-order valence-electron chi connectivity index (χ4n) is 2.64. The average molecular weight is 361 g/mol. The van der Waals surface area contributed by atoms with Gasteiger partial charge in [0.2, 0.25) is 0 Å². The molecule has 0 radical (unpaired) electrons. The predicted octanol–water partition coefficient (Wildman–Crippen LogP) is 3.04. The van der Waals surface area contributed by atoms with Gasteiger partial charge in [-0.2, -0.15) is 0 Å². The van der Waals surface area contributed by atoms with E-state index in [9.17, 15) is 9.59 Å². The molecule has 3 rings (SSSR count). The van der Waals surface area contributed by atoms with Gasteiger partial charge in [-0.05, 0) is 24.6 Å². The summed E-state index contributed by atoms with van der Waals surface area (Å²) in [6.07, 6.45) is 2.33. The number of benzene rings is 1. The topological polar surface area (TPSA) is 88.8 Å². The van der Waals surface area contributed by atoms with Crippen LogP contribution in [0, 0.1) is 5.92 Å². The van der Waals surface area contributed by atoms with Crippen LogP contribution in [0.1, 0.15) is 32.9 Å². The van der Waals surface area contributed by atoms with Crippen molar-refractivity contribution in [3.8, 4) is 0 Å². The first-order valence-electron chi connectivity index (χ1n) is 8.02. The van der Waals surface area contributed by atoms with Crippen LogP contribution < -0.4 is 5.32 Å². The van der Waals surface area contributed by atoms with Gasteiger partial charge in [-0.25, -0.2) is 4.79 Å². The van der Waals surface area contributed by atoms with E-state index in [1.165, 1.54) is 24.1 Å². The first-order valence-corrected chi connectivity index (χ1v) is 9.01. The van der Waals surface area contributed by atoms with Crippen LogP contribution in [-0.4, -0.2) is 36.7 Å². The standard InChI is InChI=1S/C18H19NO5S/c20-17(19-9-12-5-7-23-10-12)14-3-1-2-4-16(14)25-11-15-13(18(21)22)6-8-24-15/h1-4,6,8,12H,5,7,9-11H2,(H,19,20)(H,21,22). The van der Waals surface area contributed by atoms with Gasteiger partial charge in [0.15, 0.2) is 0 Å². The third-order valence-electron chi connectivity index (χ3n) is 4.04. The number of nitrogens with one attached hydrogen (secondary N) is 1. The van der Waals surface area contributed by atoms with E-state index in [4.69, 9.17) is 14.3 Å². The largest absolute Gasteiger partial charge is 0.478 e. The molecule has 1 atom stereocenters. The number of carbonyl (C=O) groups is 2. The molecular weight excluding hydrogens is 342 g/mol. The van der Waals surface area contributed by atoms with Crippen LogP contribution in [0.3, 0.4) is 0 Å². The molecule has 1 saturated heterocycles. The summed E-state index contributed by atoms with van der Waals surface area (Å²) >= 11 is 1.38. The van der Waals surface area contributed by atoms with E-state index >= 15 is 0 Å². The molecule has 25 heavy (non-hydrogen) atoms. The van der Waals surface area contributed by atoms with E-state index in [2.05, 4.69) is 5.32 Å².